The summed E-state index contributed by atoms with van der Waals surface area (Å²) in [4.78, 5) is 17.3. The van der Waals surface area contributed by atoms with E-state index in [-0.39, 0.29) is 17.8 Å². The number of carbonyl (C=O) groups excluding carboxylic acids is 1. The fourth-order valence-corrected chi connectivity index (χ4v) is 5.38. The Labute approximate surface area is 233 Å². The Kier molecular flexibility index (Phi) is 7.62. The zero-order valence-corrected chi connectivity index (χ0v) is 22.3. The van der Waals surface area contributed by atoms with Gasteiger partial charge in [0.05, 0.1) is 36.7 Å². The topological polar surface area (TPSA) is 132 Å². The highest BCUT2D eigenvalue weighted by Crippen LogP contribution is 2.34. The van der Waals surface area contributed by atoms with Crippen LogP contribution in [0.1, 0.15) is 31.6 Å². The lowest BCUT2D eigenvalue weighted by Crippen LogP contribution is -2.41. The van der Waals surface area contributed by atoms with Gasteiger partial charge in [0.1, 0.15) is 11.9 Å². The standard InChI is InChI=1S/C29H34N8O3/c30-26(36-14-16-39-17-15-36)22(18-31-20-8-4-5-9-20)28-34-35-29(40-28)33-24-19-37(21-10-2-1-3-11-21)25-13-7-6-12-23(25)32-27(24)38/h1-3,6-7,10-13,18,20,24,30-31H,4-5,8-9,14-17,19H2,(H,32,38)(H,33,35)/b22-18+,30-26?/t24-/m0/s1. The quantitative estimate of drug-likeness (QED) is 0.260. The number of nitrogens with zero attached hydrogens (tertiary/aromatic N) is 4. The lowest BCUT2D eigenvalue weighted by atomic mass is 10.2. The van der Waals surface area contributed by atoms with Crippen LogP contribution < -0.4 is 20.9 Å². The van der Waals surface area contributed by atoms with Crippen molar-refractivity contribution in [1.82, 2.24) is 20.4 Å². The SMILES string of the molecule is N=C(/C(=C\NC1CCCC1)c1nnc(N[C@H]2CN(c3ccccc3)c3ccccc3NC2=O)o1)N1CCOCC1. The van der Waals surface area contributed by atoms with Crippen LogP contribution in [0.15, 0.2) is 65.2 Å². The minimum absolute atomic E-state index is 0.121. The van der Waals surface area contributed by atoms with Crippen molar-refractivity contribution in [2.24, 2.45) is 0 Å². The van der Waals surface area contributed by atoms with Crippen LogP contribution in [0.25, 0.3) is 5.57 Å². The molecule has 11 heteroatoms. The number of amidine groups is 1. The Morgan fingerprint density at radius 2 is 1.77 bits per heavy atom. The van der Waals surface area contributed by atoms with Crippen molar-refractivity contribution in [3.8, 4) is 0 Å². The average molecular weight is 543 g/mol. The molecule has 1 atom stereocenters. The second kappa shape index (κ2) is 11.8. The molecule has 2 aliphatic heterocycles. The number of carbonyl (C=O) groups is 1. The van der Waals surface area contributed by atoms with Crippen molar-refractivity contribution in [3.63, 3.8) is 0 Å². The van der Waals surface area contributed by atoms with Crippen LogP contribution >= 0.6 is 0 Å². The van der Waals surface area contributed by atoms with Crippen molar-refractivity contribution in [1.29, 1.82) is 5.41 Å². The van der Waals surface area contributed by atoms with Crippen LogP contribution in [0.5, 0.6) is 0 Å². The van der Waals surface area contributed by atoms with Gasteiger partial charge < -0.3 is 34.9 Å². The molecule has 3 heterocycles. The maximum atomic E-state index is 13.3. The predicted molar refractivity (Wildman–Crippen MR) is 154 cm³/mol. The van der Waals surface area contributed by atoms with Crippen LogP contribution in [-0.2, 0) is 9.53 Å². The molecule has 4 N–H and O–H groups in total. The number of ether oxygens (including phenoxy) is 1. The number of para-hydroxylation sites is 3. The van der Waals surface area contributed by atoms with E-state index in [0.29, 0.717) is 50.3 Å². The molecule has 3 aromatic rings. The van der Waals surface area contributed by atoms with E-state index in [0.717, 1.165) is 29.9 Å². The Balaban J connectivity index is 1.24. The van der Waals surface area contributed by atoms with Crippen molar-refractivity contribution < 1.29 is 13.9 Å². The third-order valence-electron chi connectivity index (χ3n) is 7.56. The van der Waals surface area contributed by atoms with Gasteiger partial charge in [-0.1, -0.05) is 48.3 Å². The number of amides is 1. The Hall–Kier alpha value is -4.38. The minimum Gasteiger partial charge on any atom is -0.403 e. The van der Waals surface area contributed by atoms with Crippen molar-refractivity contribution in [2.75, 3.05) is 48.4 Å². The lowest BCUT2D eigenvalue weighted by Gasteiger charge is -2.29. The molecule has 1 amide bonds. The first kappa shape index (κ1) is 25.9. The summed E-state index contributed by atoms with van der Waals surface area (Å²) in [6, 6.07) is 17.5. The summed E-state index contributed by atoms with van der Waals surface area (Å²) in [6.45, 7) is 2.73. The van der Waals surface area contributed by atoms with E-state index >= 15 is 0 Å². The largest absolute Gasteiger partial charge is 0.403 e. The summed E-state index contributed by atoms with van der Waals surface area (Å²) in [6.07, 6.45) is 6.43. The highest BCUT2D eigenvalue weighted by Gasteiger charge is 2.31. The zero-order chi connectivity index (χ0) is 27.3. The number of rotatable bonds is 7. The Morgan fingerprint density at radius 1 is 1.02 bits per heavy atom. The summed E-state index contributed by atoms with van der Waals surface area (Å²) >= 11 is 0. The van der Waals surface area contributed by atoms with E-state index < -0.39 is 6.04 Å². The smallest absolute Gasteiger partial charge is 0.316 e. The summed E-state index contributed by atoms with van der Waals surface area (Å²) in [7, 11) is 0. The first-order chi connectivity index (χ1) is 19.7. The fraction of sp³-hybridized carbons (Fsp3) is 0.379. The van der Waals surface area contributed by atoms with Gasteiger partial charge in [-0.05, 0) is 37.1 Å². The predicted octanol–water partition coefficient (Wildman–Crippen LogP) is 3.82. The third kappa shape index (κ3) is 5.64. The normalized spacial score (nSPS) is 20.1. The molecule has 11 nitrogen and oxygen atoms in total. The molecule has 6 rings (SSSR count). The van der Waals surface area contributed by atoms with Gasteiger partial charge in [0, 0.05) is 31.0 Å². The second-order valence-corrected chi connectivity index (χ2v) is 10.2. The number of fused-ring (bicyclic) bond motifs is 1. The zero-order valence-electron chi connectivity index (χ0n) is 22.3. The maximum absolute atomic E-state index is 13.3. The van der Waals surface area contributed by atoms with Crippen LogP contribution in [0.3, 0.4) is 0 Å². The van der Waals surface area contributed by atoms with E-state index in [1.54, 1.807) is 0 Å². The number of aromatic nitrogens is 2. The highest BCUT2D eigenvalue weighted by atomic mass is 16.5. The molecule has 3 aliphatic rings. The summed E-state index contributed by atoms with van der Waals surface area (Å²) in [5.41, 5.74) is 3.12. The van der Waals surface area contributed by atoms with Gasteiger partial charge in [-0.2, -0.15) is 0 Å². The summed E-state index contributed by atoms with van der Waals surface area (Å²) in [5.74, 6) is 0.328. The summed E-state index contributed by atoms with van der Waals surface area (Å²) < 4.78 is 11.5. The molecule has 0 unspecified atom stereocenters. The molecule has 40 heavy (non-hydrogen) atoms. The van der Waals surface area contributed by atoms with Gasteiger partial charge in [-0.25, -0.2) is 0 Å². The van der Waals surface area contributed by atoms with E-state index in [1.807, 2.05) is 65.7 Å². The summed E-state index contributed by atoms with van der Waals surface area (Å²) in [5, 5.41) is 27.0. The molecular formula is C29H34N8O3. The Morgan fingerprint density at radius 3 is 2.58 bits per heavy atom. The van der Waals surface area contributed by atoms with Gasteiger partial charge >= 0.3 is 6.01 Å². The van der Waals surface area contributed by atoms with Gasteiger partial charge in [-0.15, -0.1) is 5.10 Å². The molecule has 0 spiro atoms. The van der Waals surface area contributed by atoms with E-state index in [2.05, 4.69) is 31.0 Å². The molecule has 208 valence electrons. The van der Waals surface area contributed by atoms with Crippen molar-refractivity contribution in [3.05, 3.63) is 66.7 Å². The Bertz CT molecular complexity index is 1360. The number of nitrogens with one attached hydrogen (secondary N) is 4. The van der Waals surface area contributed by atoms with Crippen LogP contribution in [0.2, 0.25) is 0 Å². The van der Waals surface area contributed by atoms with Gasteiger partial charge in [0.2, 0.25) is 5.91 Å². The monoisotopic (exact) mass is 542 g/mol. The average Bonchev–Trinajstić information content (AvgIpc) is 3.67. The molecule has 2 fully saturated rings. The first-order valence-corrected chi connectivity index (χ1v) is 13.9. The molecular weight excluding hydrogens is 508 g/mol. The molecule has 1 saturated carbocycles. The van der Waals surface area contributed by atoms with Gasteiger partial charge in [-0.3, -0.25) is 10.2 Å². The van der Waals surface area contributed by atoms with Gasteiger partial charge in [0.25, 0.3) is 5.89 Å². The number of morpholine rings is 1. The van der Waals surface area contributed by atoms with E-state index in [1.165, 1.54) is 12.8 Å². The third-order valence-corrected chi connectivity index (χ3v) is 7.56. The van der Waals surface area contributed by atoms with Crippen molar-refractivity contribution in [2.45, 2.75) is 37.8 Å². The van der Waals surface area contributed by atoms with Gasteiger partial charge in [0.15, 0.2) is 0 Å². The first-order valence-electron chi connectivity index (χ1n) is 13.9. The molecule has 1 aliphatic carbocycles. The lowest BCUT2D eigenvalue weighted by molar-refractivity contribution is -0.116. The molecule has 2 aromatic carbocycles. The number of benzene rings is 2. The van der Waals surface area contributed by atoms with Crippen LogP contribution in [0.4, 0.5) is 23.1 Å². The second-order valence-electron chi connectivity index (χ2n) is 10.2. The minimum atomic E-state index is -0.677. The maximum Gasteiger partial charge on any atom is 0.316 e. The number of hydrogen-bond acceptors (Lipinski definition) is 9. The van der Waals surface area contributed by atoms with E-state index in [4.69, 9.17) is 14.6 Å². The molecule has 1 aromatic heterocycles. The van der Waals surface area contributed by atoms with Crippen molar-refractivity contribution >= 4 is 40.4 Å². The van der Waals surface area contributed by atoms with E-state index in [9.17, 15) is 4.79 Å². The molecule has 1 saturated heterocycles. The number of anilines is 4. The number of hydrogen-bond donors (Lipinski definition) is 4. The van der Waals surface area contributed by atoms with Crippen LogP contribution in [-0.4, -0.2) is 71.8 Å². The fourth-order valence-electron chi connectivity index (χ4n) is 5.38. The highest BCUT2D eigenvalue weighted by molar-refractivity contribution is 6.19. The molecule has 0 radical (unpaired) electrons. The molecule has 0 bridgehead atoms. The van der Waals surface area contributed by atoms with Crippen LogP contribution in [0, 0.1) is 5.41 Å².